The van der Waals surface area contributed by atoms with Gasteiger partial charge in [0.05, 0.1) is 12.6 Å². The molecule has 0 fully saturated rings. The monoisotopic (exact) mass is 301 g/mol. The maximum absolute atomic E-state index is 12.4. The molecule has 0 unspecified atom stereocenters. The van der Waals surface area contributed by atoms with Crippen LogP contribution in [0.1, 0.15) is 45.7 Å². The Bertz CT molecular complexity index is 614. The van der Waals surface area contributed by atoms with Crippen LogP contribution in [0.25, 0.3) is 5.57 Å². The Kier molecular flexibility index (Phi) is 4.37. The van der Waals surface area contributed by atoms with E-state index in [1.807, 2.05) is 0 Å². The summed E-state index contributed by atoms with van der Waals surface area (Å²) in [6.45, 7) is 12.7. The molecule has 0 aromatic heterocycles. The summed E-state index contributed by atoms with van der Waals surface area (Å²) in [4.78, 5) is 14.7. The molecule has 3 heteroatoms. The number of esters is 1. The van der Waals surface area contributed by atoms with E-state index < -0.39 is 0 Å². The summed E-state index contributed by atoms with van der Waals surface area (Å²) in [5.74, 6) is -0.0182. The summed E-state index contributed by atoms with van der Waals surface area (Å²) in [7, 11) is 1.47. The predicted octanol–water partition coefficient (Wildman–Crippen LogP) is 4.19. The number of rotatable bonds is 3. The Hall–Kier alpha value is -1.77. The van der Waals surface area contributed by atoms with Crippen LogP contribution < -0.4 is 4.90 Å². The largest absolute Gasteiger partial charge is 0.467 e. The van der Waals surface area contributed by atoms with Gasteiger partial charge in [0.1, 0.15) is 6.04 Å². The fraction of sp³-hybridized carbons (Fsp3) is 0.526. The summed E-state index contributed by atoms with van der Waals surface area (Å²) in [6, 6.07) is 6.14. The van der Waals surface area contributed by atoms with Crippen molar-refractivity contribution in [3.05, 3.63) is 35.4 Å². The minimum atomic E-state index is -0.301. The molecule has 0 amide bonds. The maximum atomic E-state index is 12.4. The normalized spacial score (nSPS) is 17.8. The first-order valence-corrected chi connectivity index (χ1v) is 7.86. The first kappa shape index (κ1) is 16.6. The number of hydrogen-bond acceptors (Lipinski definition) is 3. The van der Waals surface area contributed by atoms with Gasteiger partial charge in [-0.05, 0) is 50.8 Å². The molecule has 0 saturated heterocycles. The fourth-order valence-electron chi connectivity index (χ4n) is 3.47. The Morgan fingerprint density at radius 1 is 1.23 bits per heavy atom. The van der Waals surface area contributed by atoms with Gasteiger partial charge in [-0.15, -0.1) is 0 Å². The smallest absolute Gasteiger partial charge is 0.328 e. The third-order valence-corrected chi connectivity index (χ3v) is 4.38. The van der Waals surface area contributed by atoms with E-state index in [1.54, 1.807) is 0 Å². The van der Waals surface area contributed by atoms with Crippen molar-refractivity contribution in [1.29, 1.82) is 0 Å². The molecule has 0 radical (unpaired) electrons. The first-order chi connectivity index (χ1) is 10.2. The van der Waals surface area contributed by atoms with Crippen LogP contribution in [0.3, 0.4) is 0 Å². The van der Waals surface area contributed by atoms with Crippen molar-refractivity contribution in [3.63, 3.8) is 0 Å². The van der Waals surface area contributed by atoms with Crippen LogP contribution in [0, 0.1) is 12.8 Å². The number of methoxy groups -OCH3 is 1. The van der Waals surface area contributed by atoms with E-state index in [4.69, 9.17) is 4.74 Å². The number of carbonyl (C=O) groups excluding carboxylic acids is 1. The molecule has 0 saturated carbocycles. The summed E-state index contributed by atoms with van der Waals surface area (Å²) in [5.41, 5.74) is 4.52. The van der Waals surface area contributed by atoms with Crippen molar-refractivity contribution in [3.8, 4) is 0 Å². The SMILES string of the molecule is COC(=O)[C@@H](C(C)C)N1c2cc(C)ccc2C(C)=CC1(C)C. The third-order valence-electron chi connectivity index (χ3n) is 4.38. The topological polar surface area (TPSA) is 29.5 Å². The van der Waals surface area contributed by atoms with E-state index in [1.165, 1.54) is 23.8 Å². The van der Waals surface area contributed by atoms with Crippen LogP contribution >= 0.6 is 0 Å². The zero-order chi connectivity index (χ0) is 16.7. The van der Waals surface area contributed by atoms with Gasteiger partial charge in [-0.1, -0.05) is 32.1 Å². The van der Waals surface area contributed by atoms with Gasteiger partial charge in [-0.2, -0.15) is 0 Å². The van der Waals surface area contributed by atoms with Crippen molar-refractivity contribution in [2.24, 2.45) is 5.92 Å². The minimum absolute atomic E-state index is 0.159. The van der Waals surface area contributed by atoms with Gasteiger partial charge in [0, 0.05) is 11.3 Å². The molecule has 1 aromatic carbocycles. The number of carbonyl (C=O) groups is 1. The van der Waals surface area contributed by atoms with Gasteiger partial charge >= 0.3 is 5.97 Å². The molecule has 22 heavy (non-hydrogen) atoms. The Morgan fingerprint density at radius 3 is 2.41 bits per heavy atom. The predicted molar refractivity (Wildman–Crippen MR) is 92.0 cm³/mol. The molecule has 3 nitrogen and oxygen atoms in total. The van der Waals surface area contributed by atoms with Gasteiger partial charge in [0.25, 0.3) is 0 Å². The highest BCUT2D eigenvalue weighted by molar-refractivity contribution is 5.87. The number of allylic oxidation sites excluding steroid dienone is 1. The molecule has 1 aliphatic rings. The molecule has 2 rings (SSSR count). The lowest BCUT2D eigenvalue weighted by Gasteiger charge is -2.48. The Balaban J connectivity index is 2.67. The van der Waals surface area contributed by atoms with Crippen molar-refractivity contribution in [2.45, 2.75) is 53.1 Å². The van der Waals surface area contributed by atoms with Gasteiger partial charge in [0.2, 0.25) is 0 Å². The summed E-state index contributed by atoms with van der Waals surface area (Å²) < 4.78 is 5.09. The van der Waals surface area contributed by atoms with Crippen LogP contribution in [-0.2, 0) is 9.53 Å². The number of hydrogen-bond donors (Lipinski definition) is 0. The van der Waals surface area contributed by atoms with E-state index in [0.717, 1.165) is 5.69 Å². The Morgan fingerprint density at radius 2 is 1.86 bits per heavy atom. The summed E-state index contributed by atoms with van der Waals surface area (Å²) in [6.07, 6.45) is 2.24. The number of fused-ring (bicyclic) bond motifs is 1. The number of aryl methyl sites for hydroxylation is 1. The van der Waals surface area contributed by atoms with Gasteiger partial charge in [0.15, 0.2) is 0 Å². The molecule has 0 spiro atoms. The van der Waals surface area contributed by atoms with Crippen molar-refractivity contribution in [2.75, 3.05) is 12.0 Å². The molecule has 0 bridgehead atoms. The summed E-state index contributed by atoms with van der Waals surface area (Å²) >= 11 is 0. The van der Waals surface area contributed by atoms with E-state index in [-0.39, 0.29) is 23.5 Å². The molecule has 120 valence electrons. The highest BCUT2D eigenvalue weighted by atomic mass is 16.5. The van der Waals surface area contributed by atoms with E-state index in [2.05, 4.69) is 70.7 Å². The quantitative estimate of drug-likeness (QED) is 0.784. The van der Waals surface area contributed by atoms with Crippen LogP contribution in [0.2, 0.25) is 0 Å². The average Bonchev–Trinajstić information content (AvgIpc) is 2.41. The molecular weight excluding hydrogens is 274 g/mol. The van der Waals surface area contributed by atoms with E-state index >= 15 is 0 Å². The molecule has 1 heterocycles. The third kappa shape index (κ3) is 2.77. The lowest BCUT2D eigenvalue weighted by Crippen LogP contribution is -2.56. The van der Waals surface area contributed by atoms with E-state index in [0.29, 0.717) is 0 Å². The highest BCUT2D eigenvalue weighted by Gasteiger charge is 2.41. The van der Waals surface area contributed by atoms with Crippen LogP contribution in [0.5, 0.6) is 0 Å². The molecular formula is C19H27NO2. The second-order valence-corrected chi connectivity index (χ2v) is 7.08. The standard InChI is InChI=1S/C19H27NO2/c1-12(2)17(18(21)22-7)20-16-10-13(3)8-9-15(16)14(4)11-19(20,5)6/h8-12,17H,1-7H3/t17-/m1/s1. The average molecular weight is 301 g/mol. The maximum Gasteiger partial charge on any atom is 0.328 e. The number of anilines is 1. The van der Waals surface area contributed by atoms with Gasteiger partial charge in [-0.3, -0.25) is 0 Å². The molecule has 1 atom stereocenters. The molecule has 0 N–H and O–H groups in total. The minimum Gasteiger partial charge on any atom is -0.467 e. The number of benzene rings is 1. The lowest BCUT2D eigenvalue weighted by molar-refractivity contribution is -0.143. The Labute approximate surface area is 134 Å². The highest BCUT2D eigenvalue weighted by Crippen LogP contribution is 2.41. The molecule has 0 aliphatic carbocycles. The lowest BCUT2D eigenvalue weighted by atomic mass is 9.85. The number of nitrogens with zero attached hydrogens (tertiary/aromatic N) is 1. The molecule has 1 aliphatic heterocycles. The summed E-state index contributed by atoms with van der Waals surface area (Å²) in [5, 5.41) is 0. The van der Waals surface area contributed by atoms with Crippen molar-refractivity contribution >= 4 is 17.2 Å². The van der Waals surface area contributed by atoms with Crippen molar-refractivity contribution in [1.82, 2.24) is 0 Å². The second kappa shape index (κ2) is 5.79. The van der Waals surface area contributed by atoms with E-state index in [9.17, 15) is 4.79 Å². The van der Waals surface area contributed by atoms with Gasteiger partial charge < -0.3 is 9.64 Å². The second-order valence-electron chi connectivity index (χ2n) is 7.08. The molecule has 1 aromatic rings. The van der Waals surface area contributed by atoms with Crippen LogP contribution in [0.4, 0.5) is 5.69 Å². The van der Waals surface area contributed by atoms with Crippen molar-refractivity contribution < 1.29 is 9.53 Å². The van der Waals surface area contributed by atoms with Gasteiger partial charge in [-0.25, -0.2) is 4.79 Å². The zero-order valence-electron chi connectivity index (χ0n) is 14.7. The zero-order valence-corrected chi connectivity index (χ0v) is 14.7. The first-order valence-electron chi connectivity index (χ1n) is 7.86. The number of ether oxygens (including phenoxy) is 1. The van der Waals surface area contributed by atoms with Crippen LogP contribution in [0.15, 0.2) is 24.3 Å². The van der Waals surface area contributed by atoms with Crippen LogP contribution in [-0.4, -0.2) is 24.7 Å². The fourth-order valence-corrected chi connectivity index (χ4v) is 3.47.